The summed E-state index contributed by atoms with van der Waals surface area (Å²) in [6, 6.07) is 29.0. The molecule has 1 atom stereocenters. The summed E-state index contributed by atoms with van der Waals surface area (Å²) in [5, 5.41) is 17.6. The third-order valence-corrected chi connectivity index (χ3v) is 6.46. The second-order valence-corrected chi connectivity index (χ2v) is 8.24. The first-order valence-corrected chi connectivity index (χ1v) is 10.8. The van der Waals surface area contributed by atoms with Crippen LogP contribution in [0.4, 0.5) is 5.69 Å². The third-order valence-electron chi connectivity index (χ3n) is 6.46. The van der Waals surface area contributed by atoms with Gasteiger partial charge in [0.15, 0.2) is 0 Å². The number of anilines is 1. The number of fused-ring (bicyclic) bond motifs is 4. The molecule has 3 aromatic carbocycles. The highest BCUT2D eigenvalue weighted by molar-refractivity contribution is 6.15. The molecular formula is C27H19N5O2. The Morgan fingerprint density at radius 1 is 1.00 bits per heavy atom. The number of hydrogen-bond donors (Lipinski definition) is 2. The number of nitrogens with one attached hydrogen (secondary N) is 1. The number of benzene rings is 3. The van der Waals surface area contributed by atoms with Crippen molar-refractivity contribution in [3.63, 3.8) is 0 Å². The molecule has 0 saturated heterocycles. The predicted octanol–water partition coefficient (Wildman–Crippen LogP) is 4.00. The second-order valence-electron chi connectivity index (χ2n) is 8.24. The fourth-order valence-electron chi connectivity index (χ4n) is 5.02. The van der Waals surface area contributed by atoms with Crippen LogP contribution in [0.25, 0.3) is 11.3 Å². The van der Waals surface area contributed by atoms with E-state index < -0.39 is 5.41 Å². The van der Waals surface area contributed by atoms with Gasteiger partial charge in [0.05, 0.1) is 17.8 Å². The zero-order valence-corrected chi connectivity index (χ0v) is 18.0. The molecule has 164 valence electrons. The van der Waals surface area contributed by atoms with Gasteiger partial charge in [-0.05, 0) is 11.6 Å². The van der Waals surface area contributed by atoms with Crippen molar-refractivity contribution in [3.8, 4) is 23.2 Å². The molecule has 6 rings (SSSR count). The summed E-state index contributed by atoms with van der Waals surface area (Å²) in [4.78, 5) is 16.2. The summed E-state index contributed by atoms with van der Waals surface area (Å²) >= 11 is 0. The average Bonchev–Trinajstić information content (AvgIpc) is 3.40. The normalized spacial score (nSPS) is 18.4. The van der Waals surface area contributed by atoms with Crippen LogP contribution in [0.5, 0.6) is 5.88 Å². The number of nitriles is 1. The molecule has 0 bridgehead atoms. The largest absolute Gasteiger partial charge is 0.420 e. The van der Waals surface area contributed by atoms with E-state index in [0.717, 1.165) is 16.8 Å². The minimum Gasteiger partial charge on any atom is -0.420 e. The SMILES string of the molecule is N#CC1=C(N)Oc2n[nH]c(-c3ccccc3)c2[C@@]12C(=O)N(Cc1ccccc1)c1ccccc12. The summed E-state index contributed by atoms with van der Waals surface area (Å²) in [5.74, 6) is -0.189. The standard InChI is InChI=1S/C27H19N5O2/c28-15-20-24(29)34-25-22(23(30-31-25)18-11-5-2-6-12-18)27(20)19-13-7-8-14-21(19)32(26(27)33)16-17-9-3-1-4-10-17/h1-14H,16,29H2,(H,30,31)/t27-/m0/s1. The van der Waals surface area contributed by atoms with E-state index in [9.17, 15) is 10.1 Å². The molecule has 4 aromatic rings. The highest BCUT2D eigenvalue weighted by Gasteiger charge is 2.61. The number of amides is 1. The van der Waals surface area contributed by atoms with E-state index in [1.807, 2.05) is 84.9 Å². The fourth-order valence-corrected chi connectivity index (χ4v) is 5.02. The lowest BCUT2D eigenvalue weighted by molar-refractivity contribution is -0.121. The van der Waals surface area contributed by atoms with Crippen molar-refractivity contribution in [1.29, 1.82) is 5.26 Å². The quantitative estimate of drug-likeness (QED) is 0.496. The molecule has 0 saturated carbocycles. The summed E-state index contributed by atoms with van der Waals surface area (Å²) in [5.41, 5.74) is 9.13. The van der Waals surface area contributed by atoms with Gasteiger partial charge in [-0.15, -0.1) is 5.10 Å². The second kappa shape index (κ2) is 7.36. The van der Waals surface area contributed by atoms with Crippen LogP contribution in [-0.2, 0) is 16.8 Å². The van der Waals surface area contributed by atoms with Gasteiger partial charge in [0, 0.05) is 16.8 Å². The number of nitrogens with two attached hydrogens (primary N) is 1. The molecule has 0 fully saturated rings. The van der Waals surface area contributed by atoms with Crippen LogP contribution >= 0.6 is 0 Å². The van der Waals surface area contributed by atoms with Crippen molar-refractivity contribution < 1.29 is 9.53 Å². The van der Waals surface area contributed by atoms with Crippen molar-refractivity contribution in [1.82, 2.24) is 10.2 Å². The Bertz CT molecular complexity index is 1500. The summed E-state index contributed by atoms with van der Waals surface area (Å²) in [6.07, 6.45) is 0. The van der Waals surface area contributed by atoms with Gasteiger partial charge in [-0.25, -0.2) is 0 Å². The number of carbonyl (C=O) groups is 1. The molecule has 0 radical (unpaired) electrons. The molecule has 7 heteroatoms. The molecule has 1 spiro atoms. The minimum absolute atomic E-state index is 0.0617. The fraction of sp³-hybridized carbons (Fsp3) is 0.0741. The Morgan fingerprint density at radius 2 is 1.68 bits per heavy atom. The summed E-state index contributed by atoms with van der Waals surface area (Å²) < 4.78 is 5.76. The number of carbonyl (C=O) groups excluding carboxylic acids is 1. The van der Waals surface area contributed by atoms with Gasteiger partial charge in [-0.1, -0.05) is 78.9 Å². The number of aromatic nitrogens is 2. The topological polar surface area (TPSA) is 108 Å². The Balaban J connectivity index is 1.65. The Morgan fingerprint density at radius 3 is 2.41 bits per heavy atom. The monoisotopic (exact) mass is 445 g/mol. The molecule has 1 aromatic heterocycles. The van der Waals surface area contributed by atoms with Crippen LogP contribution in [0.2, 0.25) is 0 Å². The Kier molecular flexibility index (Phi) is 4.29. The van der Waals surface area contributed by atoms with Crippen molar-refractivity contribution in [2.24, 2.45) is 5.73 Å². The van der Waals surface area contributed by atoms with Gasteiger partial charge in [-0.2, -0.15) is 5.26 Å². The third kappa shape index (κ3) is 2.57. The van der Waals surface area contributed by atoms with Crippen LogP contribution in [0.3, 0.4) is 0 Å². The van der Waals surface area contributed by atoms with Gasteiger partial charge in [0.1, 0.15) is 17.1 Å². The number of H-pyrrole nitrogens is 1. The molecule has 34 heavy (non-hydrogen) atoms. The van der Waals surface area contributed by atoms with E-state index in [4.69, 9.17) is 10.5 Å². The van der Waals surface area contributed by atoms with Gasteiger partial charge < -0.3 is 15.4 Å². The predicted molar refractivity (Wildman–Crippen MR) is 126 cm³/mol. The lowest BCUT2D eigenvalue weighted by Gasteiger charge is -2.32. The van der Waals surface area contributed by atoms with Crippen molar-refractivity contribution in [2.75, 3.05) is 4.90 Å². The van der Waals surface area contributed by atoms with E-state index in [1.54, 1.807) is 4.90 Å². The highest BCUT2D eigenvalue weighted by Crippen LogP contribution is 2.57. The molecule has 2 aliphatic rings. The van der Waals surface area contributed by atoms with Crippen LogP contribution in [0.1, 0.15) is 16.7 Å². The molecule has 0 unspecified atom stereocenters. The first-order valence-electron chi connectivity index (χ1n) is 10.8. The minimum atomic E-state index is -1.48. The van der Waals surface area contributed by atoms with Gasteiger partial charge in [0.25, 0.3) is 0 Å². The lowest BCUT2D eigenvalue weighted by Crippen LogP contribution is -2.45. The molecule has 3 heterocycles. The number of nitrogens with zero attached hydrogens (tertiary/aromatic N) is 3. The number of para-hydroxylation sites is 1. The van der Waals surface area contributed by atoms with Crippen LogP contribution in [0.15, 0.2) is 96.4 Å². The number of ether oxygens (including phenoxy) is 1. The van der Waals surface area contributed by atoms with E-state index in [2.05, 4.69) is 16.3 Å². The lowest BCUT2D eigenvalue weighted by atomic mass is 9.68. The smallest absolute Gasteiger partial charge is 0.248 e. The Hall–Kier alpha value is -4.83. The maximum Gasteiger partial charge on any atom is 0.248 e. The van der Waals surface area contributed by atoms with Gasteiger partial charge >= 0.3 is 0 Å². The molecular weight excluding hydrogens is 426 g/mol. The Labute approximate surface area is 195 Å². The maximum absolute atomic E-state index is 14.5. The summed E-state index contributed by atoms with van der Waals surface area (Å²) in [7, 11) is 0. The molecule has 2 aliphatic heterocycles. The number of aromatic amines is 1. The molecule has 1 amide bonds. The van der Waals surface area contributed by atoms with Crippen LogP contribution in [0, 0.1) is 11.3 Å². The number of hydrogen-bond acceptors (Lipinski definition) is 5. The van der Waals surface area contributed by atoms with Crippen LogP contribution in [-0.4, -0.2) is 16.1 Å². The first kappa shape index (κ1) is 19.8. The average molecular weight is 445 g/mol. The van der Waals surface area contributed by atoms with Crippen molar-refractivity contribution in [2.45, 2.75) is 12.0 Å². The van der Waals surface area contributed by atoms with Crippen LogP contribution < -0.4 is 15.4 Å². The summed E-state index contributed by atoms with van der Waals surface area (Å²) in [6.45, 7) is 0.353. The van der Waals surface area contributed by atoms with Crippen molar-refractivity contribution in [3.05, 3.63) is 113 Å². The highest BCUT2D eigenvalue weighted by atomic mass is 16.5. The first-order chi connectivity index (χ1) is 16.7. The van der Waals surface area contributed by atoms with Gasteiger partial charge in [0.2, 0.25) is 17.7 Å². The number of rotatable bonds is 3. The van der Waals surface area contributed by atoms with E-state index in [-0.39, 0.29) is 23.2 Å². The van der Waals surface area contributed by atoms with E-state index in [1.165, 1.54) is 0 Å². The molecule has 0 aliphatic carbocycles. The van der Waals surface area contributed by atoms with Crippen molar-refractivity contribution >= 4 is 11.6 Å². The van der Waals surface area contributed by atoms with Gasteiger partial charge in [-0.3, -0.25) is 9.89 Å². The zero-order chi connectivity index (χ0) is 23.3. The van der Waals surface area contributed by atoms with E-state index >= 15 is 0 Å². The molecule has 7 nitrogen and oxygen atoms in total. The molecule has 3 N–H and O–H groups in total. The zero-order valence-electron chi connectivity index (χ0n) is 18.0. The van der Waals surface area contributed by atoms with E-state index in [0.29, 0.717) is 23.4 Å². The maximum atomic E-state index is 14.5.